The van der Waals surface area contributed by atoms with Gasteiger partial charge in [-0.25, -0.2) is 0 Å². The van der Waals surface area contributed by atoms with E-state index in [4.69, 9.17) is 21.1 Å². The number of anilines is 2. The van der Waals surface area contributed by atoms with Gasteiger partial charge in [0.25, 0.3) is 0 Å². The summed E-state index contributed by atoms with van der Waals surface area (Å²) in [6, 6.07) is 12.1. The highest BCUT2D eigenvalue weighted by Gasteiger charge is 2.80. The number of carbonyl (C=O) groups is 3. The first kappa shape index (κ1) is 29.4. The first-order valence-electron chi connectivity index (χ1n) is 14.2. The molecule has 41 heavy (non-hydrogen) atoms. The van der Waals surface area contributed by atoms with E-state index < -0.39 is 41.0 Å². The first-order chi connectivity index (χ1) is 19.5. The molecule has 10 heteroatoms. The summed E-state index contributed by atoms with van der Waals surface area (Å²) in [5, 5.41) is 16.8. The minimum Gasteiger partial charge on any atom is -0.494 e. The number of likely N-dealkylation sites (tertiary alicyclic amines) is 1. The fraction of sp³-hybridized carbons (Fsp3) is 0.516. The third-order valence-electron chi connectivity index (χ3n) is 9.14. The minimum absolute atomic E-state index is 0.111. The van der Waals surface area contributed by atoms with Crippen LogP contribution in [0.25, 0.3) is 0 Å². The van der Waals surface area contributed by atoms with Gasteiger partial charge in [0, 0.05) is 16.4 Å². The quantitative estimate of drug-likeness (QED) is 0.404. The maximum absolute atomic E-state index is 14.4. The lowest BCUT2D eigenvalue weighted by molar-refractivity contribution is -0.149. The highest BCUT2D eigenvalue weighted by molar-refractivity contribution is 6.30. The number of aliphatic hydroxyl groups excluding tert-OH is 1. The molecule has 3 aliphatic heterocycles. The number of ether oxygens (including phenoxy) is 2. The van der Waals surface area contributed by atoms with Crippen LogP contribution in [0.4, 0.5) is 11.4 Å². The largest absolute Gasteiger partial charge is 0.494 e. The molecule has 220 valence electrons. The standard InChI is InChI=1S/C31H38ClN3O6/c1-6-40-22-13-11-21(12-14-22)33-27(37)24-25-29(39)35(23(16-36)17(2)3)26(31(25)15-18(4)30(24,5)41-31)28(38)34-20-9-7-19(32)8-10-20/h7-14,17-18,23-26,36H,6,15-16H2,1-5H3,(H,33,37)(H,34,38)/t18?,23-,24-,25-,26?,30+,31?/m0/s1. The van der Waals surface area contributed by atoms with Crippen molar-refractivity contribution in [3.05, 3.63) is 53.6 Å². The minimum atomic E-state index is -1.23. The smallest absolute Gasteiger partial charge is 0.250 e. The van der Waals surface area contributed by atoms with Gasteiger partial charge in [0.05, 0.1) is 36.7 Å². The molecular formula is C31H38ClN3O6. The molecule has 0 radical (unpaired) electrons. The van der Waals surface area contributed by atoms with Crippen LogP contribution in [0, 0.1) is 23.7 Å². The topological polar surface area (TPSA) is 117 Å². The number of carbonyl (C=O) groups excluding carboxylic acids is 3. The fourth-order valence-corrected chi connectivity index (χ4v) is 7.24. The number of nitrogens with one attached hydrogen (secondary N) is 2. The highest BCUT2D eigenvalue weighted by atomic mass is 35.5. The van der Waals surface area contributed by atoms with Crippen molar-refractivity contribution in [3.63, 3.8) is 0 Å². The van der Waals surface area contributed by atoms with E-state index in [0.29, 0.717) is 35.2 Å². The summed E-state index contributed by atoms with van der Waals surface area (Å²) in [4.78, 5) is 43.9. The van der Waals surface area contributed by atoms with Gasteiger partial charge in [-0.05, 0) is 80.6 Å². The van der Waals surface area contributed by atoms with E-state index in [-0.39, 0.29) is 30.3 Å². The fourth-order valence-electron chi connectivity index (χ4n) is 7.12. The number of nitrogens with zero attached hydrogens (tertiary/aromatic N) is 1. The van der Waals surface area contributed by atoms with Gasteiger partial charge in [0.2, 0.25) is 17.7 Å². The molecule has 0 aromatic heterocycles. The summed E-state index contributed by atoms with van der Waals surface area (Å²) in [5.74, 6) is -2.41. The maximum atomic E-state index is 14.4. The monoisotopic (exact) mass is 583 g/mol. The van der Waals surface area contributed by atoms with Gasteiger partial charge < -0.3 is 30.1 Å². The second-order valence-corrected chi connectivity index (χ2v) is 12.3. The molecule has 2 aromatic carbocycles. The molecule has 3 unspecified atom stereocenters. The number of fused-ring (bicyclic) bond motifs is 1. The molecule has 3 N–H and O–H groups in total. The maximum Gasteiger partial charge on any atom is 0.250 e. The lowest BCUT2D eigenvalue weighted by Gasteiger charge is -2.38. The Morgan fingerprint density at radius 2 is 1.68 bits per heavy atom. The molecule has 9 nitrogen and oxygen atoms in total. The van der Waals surface area contributed by atoms with Crippen LogP contribution in [-0.4, -0.2) is 64.2 Å². The van der Waals surface area contributed by atoms with Crippen LogP contribution in [0.2, 0.25) is 5.02 Å². The molecule has 0 saturated carbocycles. The highest BCUT2D eigenvalue weighted by Crippen LogP contribution is 2.65. The van der Waals surface area contributed by atoms with Gasteiger partial charge in [-0.3, -0.25) is 14.4 Å². The van der Waals surface area contributed by atoms with Gasteiger partial charge in [-0.2, -0.15) is 0 Å². The number of rotatable bonds is 9. The summed E-state index contributed by atoms with van der Waals surface area (Å²) in [5.41, 5.74) is -1.10. The number of hydrogen-bond acceptors (Lipinski definition) is 6. The Balaban J connectivity index is 1.53. The molecule has 2 bridgehead atoms. The summed E-state index contributed by atoms with van der Waals surface area (Å²) in [6.07, 6.45) is 0.429. The van der Waals surface area contributed by atoms with Crippen molar-refractivity contribution in [2.75, 3.05) is 23.8 Å². The Morgan fingerprint density at radius 1 is 1.10 bits per heavy atom. The Hall–Kier alpha value is -3.14. The van der Waals surface area contributed by atoms with E-state index in [2.05, 4.69) is 10.6 Å². The second kappa shape index (κ2) is 10.9. The molecule has 0 aliphatic carbocycles. The third-order valence-corrected chi connectivity index (χ3v) is 9.39. The van der Waals surface area contributed by atoms with E-state index in [1.807, 2.05) is 34.6 Å². The second-order valence-electron chi connectivity index (χ2n) is 11.9. The van der Waals surface area contributed by atoms with Crippen molar-refractivity contribution >= 4 is 40.7 Å². The van der Waals surface area contributed by atoms with Gasteiger partial charge in [-0.15, -0.1) is 0 Å². The van der Waals surface area contributed by atoms with Crippen LogP contribution < -0.4 is 15.4 Å². The molecule has 3 saturated heterocycles. The van der Waals surface area contributed by atoms with Gasteiger partial charge in [-0.1, -0.05) is 32.4 Å². The van der Waals surface area contributed by atoms with Crippen molar-refractivity contribution in [1.29, 1.82) is 0 Å². The Labute approximate surface area is 245 Å². The summed E-state index contributed by atoms with van der Waals surface area (Å²) < 4.78 is 12.3. The molecule has 7 atom stereocenters. The van der Waals surface area contributed by atoms with E-state index in [1.165, 1.54) is 4.90 Å². The van der Waals surface area contributed by atoms with E-state index >= 15 is 0 Å². The summed E-state index contributed by atoms with van der Waals surface area (Å²) >= 11 is 6.04. The van der Waals surface area contributed by atoms with Crippen molar-refractivity contribution in [3.8, 4) is 5.75 Å². The number of amides is 3. The van der Waals surface area contributed by atoms with Crippen LogP contribution in [0.5, 0.6) is 5.75 Å². The van der Waals surface area contributed by atoms with Crippen molar-refractivity contribution < 1.29 is 29.0 Å². The molecule has 3 heterocycles. The normalized spacial score (nSPS) is 30.8. The van der Waals surface area contributed by atoms with Crippen molar-refractivity contribution in [2.45, 2.75) is 64.3 Å². The van der Waals surface area contributed by atoms with E-state index in [0.717, 1.165) is 0 Å². The van der Waals surface area contributed by atoms with Crippen LogP contribution in [-0.2, 0) is 19.1 Å². The Morgan fingerprint density at radius 3 is 2.24 bits per heavy atom. The zero-order valence-electron chi connectivity index (χ0n) is 24.0. The van der Waals surface area contributed by atoms with Crippen LogP contribution in [0.3, 0.4) is 0 Å². The average molecular weight is 584 g/mol. The summed E-state index contributed by atoms with van der Waals surface area (Å²) in [7, 11) is 0. The predicted octanol–water partition coefficient (Wildman–Crippen LogP) is 4.34. The van der Waals surface area contributed by atoms with Crippen molar-refractivity contribution in [2.24, 2.45) is 23.7 Å². The number of benzene rings is 2. The molecular weight excluding hydrogens is 546 g/mol. The number of aliphatic hydroxyl groups is 1. The van der Waals surface area contributed by atoms with E-state index in [9.17, 15) is 19.5 Å². The SMILES string of the molecule is CCOc1ccc(NC(=O)[C@@H]2[C@H]3C(=O)N([C@@H](CO)C(C)C)C(C(=O)Nc4ccc(Cl)cc4)C34CC(C)[C@@]2(C)O4)cc1. The molecule has 3 amide bonds. The Bertz CT molecular complexity index is 1320. The average Bonchev–Trinajstić information content (AvgIpc) is 3.44. The van der Waals surface area contributed by atoms with Crippen molar-refractivity contribution in [1.82, 2.24) is 4.90 Å². The molecule has 5 rings (SSSR count). The molecule has 1 spiro atoms. The Kier molecular flexibility index (Phi) is 7.82. The zero-order valence-corrected chi connectivity index (χ0v) is 24.8. The zero-order chi connectivity index (χ0) is 29.7. The van der Waals surface area contributed by atoms with Gasteiger partial charge >= 0.3 is 0 Å². The first-order valence-corrected chi connectivity index (χ1v) is 14.6. The molecule has 3 aliphatic rings. The van der Waals surface area contributed by atoms with Crippen LogP contribution in [0.1, 0.15) is 41.0 Å². The third kappa shape index (κ3) is 4.77. The molecule has 3 fully saturated rings. The lowest BCUT2D eigenvalue weighted by atomic mass is 9.62. The predicted molar refractivity (Wildman–Crippen MR) is 156 cm³/mol. The lowest BCUT2D eigenvalue weighted by Crippen LogP contribution is -2.57. The van der Waals surface area contributed by atoms with Gasteiger partial charge in [0.1, 0.15) is 17.4 Å². The molecule has 2 aromatic rings. The van der Waals surface area contributed by atoms with Crippen LogP contribution >= 0.6 is 11.6 Å². The van der Waals surface area contributed by atoms with Gasteiger partial charge in [0.15, 0.2) is 0 Å². The van der Waals surface area contributed by atoms with Crippen LogP contribution in [0.15, 0.2) is 48.5 Å². The number of halogens is 1. The summed E-state index contributed by atoms with van der Waals surface area (Å²) in [6.45, 7) is 9.75. The van der Waals surface area contributed by atoms with E-state index in [1.54, 1.807) is 48.5 Å². The number of hydrogen-bond donors (Lipinski definition) is 3.